The summed E-state index contributed by atoms with van der Waals surface area (Å²) in [6.45, 7) is 9.16. The van der Waals surface area contributed by atoms with Crippen LogP contribution in [-0.4, -0.2) is 24.1 Å². The van der Waals surface area contributed by atoms with E-state index in [0.717, 1.165) is 46.0 Å². The van der Waals surface area contributed by atoms with Gasteiger partial charge in [0, 0.05) is 27.2 Å². The van der Waals surface area contributed by atoms with Gasteiger partial charge in [-0.05, 0) is 95.7 Å². The molecule has 2 saturated carbocycles. The van der Waals surface area contributed by atoms with Crippen LogP contribution >= 0.6 is 31.9 Å². The Kier molecular flexibility index (Phi) is 7.51. The molecule has 1 heterocycles. The van der Waals surface area contributed by atoms with Gasteiger partial charge < -0.3 is 13.9 Å². The Morgan fingerprint density at radius 1 is 0.829 bits per heavy atom. The van der Waals surface area contributed by atoms with Crippen molar-refractivity contribution in [3.63, 3.8) is 0 Å². The molecule has 41 heavy (non-hydrogen) atoms. The van der Waals surface area contributed by atoms with Gasteiger partial charge in [0.15, 0.2) is 0 Å². The highest BCUT2D eigenvalue weighted by atomic mass is 79.9. The van der Waals surface area contributed by atoms with Crippen LogP contribution < -0.4 is 0 Å². The van der Waals surface area contributed by atoms with Crippen molar-refractivity contribution in [1.82, 2.24) is 0 Å². The van der Waals surface area contributed by atoms with Gasteiger partial charge in [0.25, 0.3) is 0 Å². The molecule has 0 aliphatic heterocycles. The normalized spacial score (nSPS) is 31.8. The molecule has 1 aromatic heterocycles. The summed E-state index contributed by atoms with van der Waals surface area (Å²) in [5, 5.41) is 0. The standard InChI is InChI=1S/C34H36Br2O5/c1-19-24-14-17-39-26(24)18-25-27(19)28(40-31(37)20-6-10-22(35)11-7-20)29(30-33(2,3)15-5-16-34(25,30)4)41-32(38)21-8-12-23(36)13-9-21/h6-14,17,19,25,27-30H,5,15-16,18H2,1-4H3/t19-,25-,27-,28+,29-,30-,34+/m0/s1. The van der Waals surface area contributed by atoms with E-state index < -0.39 is 18.2 Å². The van der Waals surface area contributed by atoms with Gasteiger partial charge in [-0.3, -0.25) is 0 Å². The van der Waals surface area contributed by atoms with E-state index >= 15 is 0 Å². The van der Waals surface area contributed by atoms with Crippen molar-refractivity contribution >= 4 is 43.8 Å². The molecule has 0 N–H and O–H groups in total. The molecule has 3 aromatic rings. The predicted octanol–water partition coefficient (Wildman–Crippen LogP) is 8.99. The summed E-state index contributed by atoms with van der Waals surface area (Å²) in [5.74, 6) is 0.502. The topological polar surface area (TPSA) is 65.7 Å². The predicted molar refractivity (Wildman–Crippen MR) is 164 cm³/mol. The molecule has 3 aliphatic carbocycles. The summed E-state index contributed by atoms with van der Waals surface area (Å²) in [6.07, 6.45) is 4.53. The number of carbonyl (C=O) groups excluding carboxylic acids is 2. The second-order valence-corrected chi connectivity index (χ2v) is 14.9. The molecule has 2 aromatic carbocycles. The summed E-state index contributed by atoms with van der Waals surface area (Å²) >= 11 is 6.91. The van der Waals surface area contributed by atoms with Crippen LogP contribution in [0.3, 0.4) is 0 Å². The zero-order valence-corrected chi connectivity index (χ0v) is 27.0. The zero-order valence-electron chi connectivity index (χ0n) is 23.9. The smallest absolute Gasteiger partial charge is 0.338 e. The molecular weight excluding hydrogens is 648 g/mol. The number of esters is 2. The first kappa shape index (κ1) is 28.7. The Hall–Kier alpha value is -2.38. The zero-order chi connectivity index (χ0) is 29.1. The van der Waals surface area contributed by atoms with Crippen molar-refractivity contribution in [1.29, 1.82) is 0 Å². The van der Waals surface area contributed by atoms with Crippen LogP contribution in [0.15, 0.2) is 74.2 Å². The number of furan rings is 1. The van der Waals surface area contributed by atoms with E-state index in [4.69, 9.17) is 13.9 Å². The molecule has 7 heteroatoms. The van der Waals surface area contributed by atoms with Gasteiger partial charge in [0.1, 0.15) is 18.0 Å². The lowest BCUT2D eigenvalue weighted by molar-refractivity contribution is -0.216. The first-order valence-electron chi connectivity index (χ1n) is 14.5. The average molecular weight is 684 g/mol. The molecule has 0 bridgehead atoms. The van der Waals surface area contributed by atoms with Crippen LogP contribution in [0.4, 0.5) is 0 Å². The van der Waals surface area contributed by atoms with Crippen molar-refractivity contribution in [3.8, 4) is 0 Å². The number of carbonyl (C=O) groups is 2. The van der Waals surface area contributed by atoms with Gasteiger partial charge in [-0.2, -0.15) is 0 Å². The quantitative estimate of drug-likeness (QED) is 0.257. The lowest BCUT2D eigenvalue weighted by Crippen LogP contribution is -2.66. The Morgan fingerprint density at radius 3 is 1.98 bits per heavy atom. The number of halogens is 2. The molecule has 6 rings (SSSR count). The van der Waals surface area contributed by atoms with E-state index in [2.05, 4.69) is 59.6 Å². The highest BCUT2D eigenvalue weighted by Crippen LogP contribution is 2.66. The van der Waals surface area contributed by atoms with E-state index in [1.165, 1.54) is 0 Å². The van der Waals surface area contributed by atoms with Gasteiger partial charge in [-0.1, -0.05) is 66.0 Å². The lowest BCUT2D eigenvalue weighted by Gasteiger charge is -2.64. The van der Waals surface area contributed by atoms with Crippen molar-refractivity contribution < 1.29 is 23.5 Å². The molecule has 7 atom stereocenters. The number of fused-ring (bicyclic) bond motifs is 4. The number of rotatable bonds is 4. The van der Waals surface area contributed by atoms with Crippen molar-refractivity contribution in [3.05, 3.63) is 92.3 Å². The third kappa shape index (κ3) is 5.01. The molecule has 0 amide bonds. The van der Waals surface area contributed by atoms with Gasteiger partial charge >= 0.3 is 11.9 Å². The third-order valence-electron chi connectivity index (χ3n) is 10.3. The van der Waals surface area contributed by atoms with E-state index in [9.17, 15) is 9.59 Å². The largest absolute Gasteiger partial charge is 0.469 e. The maximum Gasteiger partial charge on any atom is 0.338 e. The van der Waals surface area contributed by atoms with Crippen LogP contribution in [0.1, 0.15) is 84.9 Å². The first-order chi connectivity index (χ1) is 19.5. The SMILES string of the molecule is C[C@H]1c2ccoc2C[C@H]2[C@H]1[C@@H](OC(=O)c1ccc(Br)cc1)[C@H](OC(=O)c1ccc(Br)cc1)[C@H]1C(C)(C)CCC[C@]21C. The average Bonchev–Trinajstić information content (AvgIpc) is 3.40. The first-order valence-corrected chi connectivity index (χ1v) is 16.1. The van der Waals surface area contributed by atoms with Crippen LogP contribution in [-0.2, 0) is 15.9 Å². The summed E-state index contributed by atoms with van der Waals surface area (Å²) < 4.78 is 20.9. The van der Waals surface area contributed by atoms with E-state index in [1.54, 1.807) is 30.5 Å². The van der Waals surface area contributed by atoms with Crippen molar-refractivity contribution in [2.45, 2.75) is 71.5 Å². The monoisotopic (exact) mass is 682 g/mol. The number of hydrogen-bond donors (Lipinski definition) is 0. The highest BCUT2D eigenvalue weighted by molar-refractivity contribution is 9.10. The molecule has 0 unspecified atom stereocenters. The maximum absolute atomic E-state index is 13.8. The number of benzene rings is 2. The second-order valence-electron chi connectivity index (χ2n) is 13.1. The Balaban J connectivity index is 1.47. The van der Waals surface area contributed by atoms with Gasteiger partial charge in [-0.25, -0.2) is 9.59 Å². The third-order valence-corrected chi connectivity index (χ3v) is 11.4. The number of hydrogen-bond acceptors (Lipinski definition) is 5. The molecule has 5 nitrogen and oxygen atoms in total. The lowest BCUT2D eigenvalue weighted by atomic mass is 9.42. The van der Waals surface area contributed by atoms with Crippen molar-refractivity contribution in [2.75, 3.05) is 0 Å². The van der Waals surface area contributed by atoms with E-state index in [1.807, 2.05) is 30.3 Å². The fourth-order valence-electron chi connectivity index (χ4n) is 8.61. The van der Waals surface area contributed by atoms with Gasteiger partial charge in [0.2, 0.25) is 0 Å². The summed E-state index contributed by atoms with van der Waals surface area (Å²) in [7, 11) is 0. The fourth-order valence-corrected chi connectivity index (χ4v) is 9.14. The minimum absolute atomic E-state index is 0.00386. The second kappa shape index (κ2) is 10.7. The fraction of sp³-hybridized carbons (Fsp3) is 0.471. The summed E-state index contributed by atoms with van der Waals surface area (Å²) in [4.78, 5) is 27.5. The number of ether oxygens (including phenoxy) is 2. The van der Waals surface area contributed by atoms with Crippen molar-refractivity contribution in [2.24, 2.45) is 28.6 Å². The molecule has 3 aliphatic rings. The minimum atomic E-state index is -0.607. The van der Waals surface area contributed by atoms with Crippen LogP contribution in [0.2, 0.25) is 0 Å². The Bertz CT molecular complexity index is 1440. The molecule has 216 valence electrons. The van der Waals surface area contributed by atoms with Crippen LogP contribution in [0.5, 0.6) is 0 Å². The molecule has 0 saturated heterocycles. The van der Waals surface area contributed by atoms with Gasteiger partial charge in [-0.15, -0.1) is 0 Å². The highest BCUT2D eigenvalue weighted by Gasteiger charge is 2.66. The molecule has 0 spiro atoms. The molecule has 2 fully saturated rings. The van der Waals surface area contributed by atoms with E-state index in [-0.39, 0.29) is 40.5 Å². The minimum Gasteiger partial charge on any atom is -0.469 e. The molecular formula is C34H36Br2O5. The summed E-state index contributed by atoms with van der Waals surface area (Å²) in [5.41, 5.74) is 1.86. The molecule has 0 radical (unpaired) electrons. The van der Waals surface area contributed by atoms with Crippen LogP contribution in [0.25, 0.3) is 0 Å². The van der Waals surface area contributed by atoms with Gasteiger partial charge in [0.05, 0.1) is 17.4 Å². The van der Waals surface area contributed by atoms with E-state index in [0.29, 0.717) is 11.1 Å². The Labute approximate surface area is 258 Å². The maximum atomic E-state index is 13.8. The Morgan fingerprint density at radius 2 is 1.39 bits per heavy atom. The summed E-state index contributed by atoms with van der Waals surface area (Å²) in [6, 6.07) is 16.5. The van der Waals surface area contributed by atoms with Crippen LogP contribution in [0, 0.1) is 28.6 Å².